The third-order valence-corrected chi connectivity index (χ3v) is 2.91. The first kappa shape index (κ1) is 20.6. The molecule has 1 aromatic heterocycles. The molecule has 90 valence electrons. The van der Waals surface area contributed by atoms with E-state index in [-0.39, 0.29) is 64.9 Å². The SMILES string of the molecule is O=S(=O)(O)CCCCCn1nnnc1S.[NaH].[NaH]. The molecule has 1 aromatic rings. The number of hydrogen-bond donors (Lipinski definition) is 2. The minimum atomic E-state index is -3.83. The standard InChI is InChI=1S/C6H12N4O3S2.2Na.2H/c11-15(12,13)5-3-1-2-4-10-6(14)7-8-9-10;;;;/h1-5H2,(H,7,9,14)(H,11,12,13);;;;. The van der Waals surface area contributed by atoms with Crippen LogP contribution in [-0.4, -0.2) is 98.0 Å². The number of aromatic nitrogens is 4. The van der Waals surface area contributed by atoms with Gasteiger partial charge in [-0.25, -0.2) is 4.68 Å². The monoisotopic (exact) mass is 300 g/mol. The third-order valence-electron chi connectivity index (χ3n) is 1.79. The van der Waals surface area contributed by atoms with Crippen molar-refractivity contribution in [3.63, 3.8) is 0 Å². The van der Waals surface area contributed by atoms with Crippen molar-refractivity contribution in [3.05, 3.63) is 0 Å². The van der Waals surface area contributed by atoms with Gasteiger partial charge in [0.15, 0.2) is 0 Å². The summed E-state index contributed by atoms with van der Waals surface area (Å²) >= 11 is 4.01. The van der Waals surface area contributed by atoms with Crippen LogP contribution in [0.1, 0.15) is 19.3 Å². The van der Waals surface area contributed by atoms with Crippen LogP contribution in [0.3, 0.4) is 0 Å². The number of nitrogens with zero attached hydrogens (tertiary/aromatic N) is 4. The summed E-state index contributed by atoms with van der Waals surface area (Å²) in [4.78, 5) is 0. The average Bonchev–Trinajstić information content (AvgIpc) is 2.49. The molecule has 7 nitrogen and oxygen atoms in total. The van der Waals surface area contributed by atoms with Crippen LogP contribution in [0.2, 0.25) is 0 Å². The first-order chi connectivity index (χ1) is 6.99. The maximum atomic E-state index is 10.4. The summed E-state index contributed by atoms with van der Waals surface area (Å²) in [5, 5.41) is 11.1. The van der Waals surface area contributed by atoms with Gasteiger partial charge in [-0.1, -0.05) is 6.42 Å². The molecule has 0 spiro atoms. The van der Waals surface area contributed by atoms with Crippen LogP contribution in [0.4, 0.5) is 0 Å². The van der Waals surface area contributed by atoms with Gasteiger partial charge in [-0.3, -0.25) is 4.55 Å². The molecule has 0 aliphatic carbocycles. The molecule has 17 heavy (non-hydrogen) atoms. The van der Waals surface area contributed by atoms with Crippen molar-refractivity contribution in [1.82, 2.24) is 20.2 Å². The molecule has 1 N–H and O–H groups in total. The van der Waals surface area contributed by atoms with E-state index in [0.29, 0.717) is 24.5 Å². The van der Waals surface area contributed by atoms with E-state index in [2.05, 4.69) is 28.2 Å². The van der Waals surface area contributed by atoms with E-state index < -0.39 is 10.1 Å². The van der Waals surface area contributed by atoms with Gasteiger partial charge in [0.2, 0.25) is 5.16 Å². The zero-order chi connectivity index (χ0) is 11.3. The van der Waals surface area contributed by atoms with Crippen molar-refractivity contribution in [3.8, 4) is 0 Å². The van der Waals surface area contributed by atoms with E-state index in [9.17, 15) is 8.42 Å². The normalized spacial score (nSPS) is 10.5. The van der Waals surface area contributed by atoms with E-state index >= 15 is 0 Å². The van der Waals surface area contributed by atoms with Crippen molar-refractivity contribution in [2.45, 2.75) is 31.0 Å². The van der Waals surface area contributed by atoms with Crippen molar-refractivity contribution in [2.24, 2.45) is 0 Å². The van der Waals surface area contributed by atoms with E-state index in [4.69, 9.17) is 4.55 Å². The molecule has 0 aromatic carbocycles. The van der Waals surface area contributed by atoms with Crippen LogP contribution < -0.4 is 0 Å². The third kappa shape index (κ3) is 9.85. The Labute approximate surface area is 150 Å². The Morgan fingerprint density at radius 2 is 1.88 bits per heavy atom. The van der Waals surface area contributed by atoms with E-state index in [0.717, 1.165) is 6.42 Å². The summed E-state index contributed by atoms with van der Waals surface area (Å²) in [6, 6.07) is 0. The Kier molecular flexibility index (Phi) is 12.3. The molecule has 11 heteroatoms. The molecular weight excluding hydrogens is 286 g/mol. The summed E-state index contributed by atoms with van der Waals surface area (Å²) in [6.45, 7) is 0.595. The Balaban J connectivity index is 0. The van der Waals surface area contributed by atoms with Gasteiger partial charge in [0.1, 0.15) is 0 Å². The Bertz CT molecular complexity index is 411. The van der Waals surface area contributed by atoms with Crippen molar-refractivity contribution in [2.75, 3.05) is 5.75 Å². The Hall–Kier alpha value is 1.33. The second-order valence-corrected chi connectivity index (χ2v) is 5.02. The van der Waals surface area contributed by atoms with Crippen molar-refractivity contribution in [1.29, 1.82) is 0 Å². The van der Waals surface area contributed by atoms with Gasteiger partial charge in [0, 0.05) is 6.54 Å². The van der Waals surface area contributed by atoms with Gasteiger partial charge < -0.3 is 0 Å². The van der Waals surface area contributed by atoms with E-state index in [1.165, 1.54) is 4.68 Å². The predicted octanol–water partition coefficient (Wildman–Crippen LogP) is -1.28. The van der Waals surface area contributed by atoms with E-state index in [1.54, 1.807) is 0 Å². The molecule has 1 rings (SSSR count). The molecule has 0 aliphatic heterocycles. The van der Waals surface area contributed by atoms with Crippen molar-refractivity contribution < 1.29 is 13.0 Å². The summed E-state index contributed by atoms with van der Waals surface area (Å²) < 4.78 is 30.8. The molecule has 0 amide bonds. The first-order valence-electron chi connectivity index (χ1n) is 4.39. The number of tetrazole rings is 1. The van der Waals surface area contributed by atoms with Gasteiger partial charge in [-0.05, 0) is 23.3 Å². The van der Waals surface area contributed by atoms with Crippen LogP contribution in [0.15, 0.2) is 5.16 Å². The molecule has 0 saturated carbocycles. The number of aryl methyl sites for hydroxylation is 1. The fourth-order valence-corrected chi connectivity index (χ4v) is 1.82. The fourth-order valence-electron chi connectivity index (χ4n) is 1.07. The number of thiol groups is 1. The average molecular weight is 300 g/mol. The molecular formula is C6H14N4Na2O3S2. The van der Waals surface area contributed by atoms with Gasteiger partial charge >= 0.3 is 59.1 Å². The number of rotatable bonds is 6. The van der Waals surface area contributed by atoms with Crippen molar-refractivity contribution >= 4 is 81.9 Å². The zero-order valence-electron chi connectivity index (χ0n) is 7.94. The minimum absolute atomic E-state index is 0. The topological polar surface area (TPSA) is 98.0 Å². The second kappa shape index (κ2) is 10.2. The molecule has 1 heterocycles. The van der Waals surface area contributed by atoms with Crippen LogP contribution >= 0.6 is 12.6 Å². The first-order valence-corrected chi connectivity index (χ1v) is 6.45. The van der Waals surface area contributed by atoms with Crippen LogP contribution in [0.5, 0.6) is 0 Å². The van der Waals surface area contributed by atoms with Crippen LogP contribution in [0, 0.1) is 0 Å². The van der Waals surface area contributed by atoms with Gasteiger partial charge in [-0.2, -0.15) is 8.42 Å². The molecule has 0 atom stereocenters. The zero-order valence-corrected chi connectivity index (χ0v) is 9.65. The molecule has 0 radical (unpaired) electrons. The summed E-state index contributed by atoms with van der Waals surface area (Å²) in [5.41, 5.74) is 0. The molecule has 0 unspecified atom stereocenters. The number of unbranched alkanes of at least 4 members (excludes halogenated alkanes) is 2. The Morgan fingerprint density at radius 3 is 2.35 bits per heavy atom. The van der Waals surface area contributed by atoms with E-state index in [1.807, 2.05) is 0 Å². The molecule has 0 aliphatic rings. The van der Waals surface area contributed by atoms with Crippen LogP contribution in [-0.2, 0) is 16.7 Å². The molecule has 0 bridgehead atoms. The van der Waals surface area contributed by atoms with Gasteiger partial charge in [0.05, 0.1) is 5.75 Å². The fraction of sp³-hybridized carbons (Fsp3) is 0.833. The van der Waals surface area contributed by atoms with Gasteiger partial charge in [-0.15, -0.1) is 17.7 Å². The van der Waals surface area contributed by atoms with Gasteiger partial charge in [0.25, 0.3) is 10.1 Å². The van der Waals surface area contributed by atoms with Crippen LogP contribution in [0.25, 0.3) is 0 Å². The molecule has 0 fully saturated rings. The number of hydrogen-bond acceptors (Lipinski definition) is 6. The maximum absolute atomic E-state index is 10.4. The summed E-state index contributed by atoms with van der Waals surface area (Å²) in [7, 11) is -3.83. The Morgan fingerprint density at radius 1 is 1.24 bits per heavy atom. The quantitative estimate of drug-likeness (QED) is 0.294. The molecule has 0 saturated heterocycles. The summed E-state index contributed by atoms with van der Waals surface area (Å²) in [5.74, 6) is -0.198. The summed E-state index contributed by atoms with van der Waals surface area (Å²) in [6.07, 6.45) is 1.86. The predicted molar refractivity (Wildman–Crippen MR) is 69.6 cm³/mol. The second-order valence-electron chi connectivity index (χ2n) is 3.05.